The molecular formula is C32H39N5O8S. The highest BCUT2D eigenvalue weighted by atomic mass is 32.1. The molecule has 0 aliphatic heterocycles. The van der Waals surface area contributed by atoms with Crippen LogP contribution in [0.25, 0.3) is 0 Å². The molecule has 2 aromatic carbocycles. The van der Waals surface area contributed by atoms with Crippen molar-refractivity contribution in [3.8, 4) is 0 Å². The van der Waals surface area contributed by atoms with E-state index in [1.165, 1.54) is 19.6 Å². The van der Waals surface area contributed by atoms with Gasteiger partial charge in [-0.05, 0) is 23.5 Å². The van der Waals surface area contributed by atoms with Crippen LogP contribution in [0.5, 0.6) is 0 Å². The van der Waals surface area contributed by atoms with Gasteiger partial charge in [0.1, 0.15) is 31.3 Å². The molecule has 1 aromatic heterocycles. The van der Waals surface area contributed by atoms with Crippen LogP contribution in [0.2, 0.25) is 0 Å². The van der Waals surface area contributed by atoms with Crippen LogP contribution >= 0.6 is 12.6 Å². The summed E-state index contributed by atoms with van der Waals surface area (Å²) < 4.78 is 15.6. The Labute approximate surface area is 272 Å². The Hall–Kier alpha value is -4.85. The lowest BCUT2D eigenvalue weighted by Gasteiger charge is -2.29. The molecule has 1 heterocycles. The van der Waals surface area contributed by atoms with Crippen LogP contribution in [0, 0.1) is 5.92 Å². The Bertz CT molecular complexity index is 1370. The van der Waals surface area contributed by atoms with Gasteiger partial charge in [-0.2, -0.15) is 17.5 Å². The van der Waals surface area contributed by atoms with Crippen LogP contribution in [0.1, 0.15) is 37.1 Å². The number of nitrogens with zero attached hydrogens (tertiary/aromatic N) is 2. The van der Waals surface area contributed by atoms with Crippen LogP contribution in [-0.4, -0.2) is 75.8 Å². The minimum absolute atomic E-state index is 0.0379. The number of nitrogens with one attached hydrogen (secondary N) is 3. The standard InChI is InChI=1S/C32H39N5O8S/c1-21(2)14-26(30(40)43-3)36-28(38)25(15-24-16-33-20-34-24)35-29(39)27(19-46)37(31(41)44-17-22-10-6-4-7-11-22)32(42)45-18-23-12-8-5-9-13-23/h4-13,16,20-21,25-27,46H,14-15,17-19H2,1-3H3,(H,33,34)(H,35,39)(H,36,38)/t25-,26+,27-/m1/s1. The molecule has 0 bridgehead atoms. The van der Waals surface area contributed by atoms with Crippen molar-refractivity contribution in [2.45, 2.75) is 58.0 Å². The Morgan fingerprint density at radius 1 is 0.848 bits per heavy atom. The summed E-state index contributed by atoms with van der Waals surface area (Å²) in [5.74, 6) is -2.52. The number of carbonyl (C=O) groups is 5. The molecule has 4 amide bonds. The van der Waals surface area contributed by atoms with Gasteiger partial charge in [-0.3, -0.25) is 9.59 Å². The Balaban J connectivity index is 1.85. The number of imide groups is 1. The van der Waals surface area contributed by atoms with Crippen molar-refractivity contribution in [3.63, 3.8) is 0 Å². The number of methoxy groups -OCH3 is 1. The van der Waals surface area contributed by atoms with E-state index in [1.54, 1.807) is 60.7 Å². The van der Waals surface area contributed by atoms with Crippen LogP contribution in [0.15, 0.2) is 73.2 Å². The molecule has 0 spiro atoms. The summed E-state index contributed by atoms with van der Waals surface area (Å²) >= 11 is 4.26. The molecule has 0 fully saturated rings. The maximum absolute atomic E-state index is 13.8. The highest BCUT2D eigenvalue weighted by Gasteiger charge is 2.39. The third kappa shape index (κ3) is 10.9. The maximum atomic E-state index is 13.8. The zero-order chi connectivity index (χ0) is 33.5. The lowest BCUT2D eigenvalue weighted by molar-refractivity contribution is -0.145. The summed E-state index contributed by atoms with van der Waals surface area (Å²) in [6.07, 6.45) is 0.830. The Morgan fingerprint density at radius 3 is 1.85 bits per heavy atom. The number of ether oxygens (including phenoxy) is 3. The molecular weight excluding hydrogens is 614 g/mol. The van der Waals surface area contributed by atoms with Crippen molar-refractivity contribution in [3.05, 3.63) is 90.0 Å². The van der Waals surface area contributed by atoms with Crippen molar-refractivity contribution < 1.29 is 38.2 Å². The van der Waals surface area contributed by atoms with Gasteiger partial charge in [-0.15, -0.1) is 0 Å². The molecule has 13 nitrogen and oxygen atoms in total. The number of aromatic amines is 1. The van der Waals surface area contributed by atoms with E-state index < -0.39 is 48.1 Å². The zero-order valence-electron chi connectivity index (χ0n) is 25.9. The average Bonchev–Trinajstić information content (AvgIpc) is 3.57. The topological polar surface area (TPSA) is 169 Å². The predicted octanol–water partition coefficient (Wildman–Crippen LogP) is 3.41. The maximum Gasteiger partial charge on any atom is 0.420 e. The van der Waals surface area contributed by atoms with E-state index in [4.69, 9.17) is 14.2 Å². The van der Waals surface area contributed by atoms with Crippen LogP contribution in [0.4, 0.5) is 9.59 Å². The Kier molecular flexibility index (Phi) is 14.1. The first kappa shape index (κ1) is 35.6. The van der Waals surface area contributed by atoms with E-state index >= 15 is 0 Å². The number of thiol groups is 1. The minimum Gasteiger partial charge on any atom is -0.467 e. The normalized spacial score (nSPS) is 12.7. The second kappa shape index (κ2) is 18.2. The third-order valence-corrected chi connectivity index (χ3v) is 7.06. The molecule has 246 valence electrons. The molecule has 0 aliphatic rings. The first-order chi connectivity index (χ1) is 22.1. The molecule has 3 N–H and O–H groups in total. The molecule has 0 saturated heterocycles. The van der Waals surface area contributed by atoms with E-state index in [0.717, 1.165) is 0 Å². The molecule has 0 unspecified atom stereocenters. The summed E-state index contributed by atoms with van der Waals surface area (Å²) in [4.78, 5) is 73.7. The molecule has 0 radical (unpaired) electrons. The number of benzene rings is 2. The number of aromatic nitrogens is 2. The summed E-state index contributed by atoms with van der Waals surface area (Å²) in [6, 6.07) is 13.8. The van der Waals surface area contributed by atoms with Gasteiger partial charge in [0.15, 0.2) is 0 Å². The molecule has 3 aromatic rings. The number of imidazole rings is 1. The predicted molar refractivity (Wildman–Crippen MR) is 170 cm³/mol. The fourth-order valence-corrected chi connectivity index (χ4v) is 4.71. The number of hydrogen-bond donors (Lipinski definition) is 4. The van der Waals surface area contributed by atoms with Gasteiger partial charge in [0.25, 0.3) is 0 Å². The van der Waals surface area contributed by atoms with E-state index in [-0.39, 0.29) is 37.7 Å². The van der Waals surface area contributed by atoms with E-state index in [2.05, 4.69) is 33.2 Å². The highest BCUT2D eigenvalue weighted by molar-refractivity contribution is 7.80. The van der Waals surface area contributed by atoms with Gasteiger partial charge in [0.05, 0.1) is 13.4 Å². The van der Waals surface area contributed by atoms with Gasteiger partial charge in [-0.25, -0.2) is 19.4 Å². The number of H-pyrrole nitrogens is 1. The molecule has 0 saturated carbocycles. The first-order valence-electron chi connectivity index (χ1n) is 14.6. The monoisotopic (exact) mass is 653 g/mol. The summed E-state index contributed by atoms with van der Waals surface area (Å²) in [5.41, 5.74) is 1.80. The van der Waals surface area contributed by atoms with Gasteiger partial charge in [0, 0.05) is 24.1 Å². The van der Waals surface area contributed by atoms with Crippen molar-refractivity contribution in [1.82, 2.24) is 25.5 Å². The summed E-state index contributed by atoms with van der Waals surface area (Å²) in [6.45, 7) is 3.40. The molecule has 46 heavy (non-hydrogen) atoms. The SMILES string of the molecule is COC(=O)[C@H](CC(C)C)NC(=O)[C@@H](Cc1cnc[nH]1)NC(=O)[C@@H](CS)N(C(=O)OCc1ccccc1)C(=O)OCc1ccccc1. The summed E-state index contributed by atoms with van der Waals surface area (Å²) in [5, 5.41) is 5.25. The van der Waals surface area contributed by atoms with Gasteiger partial charge >= 0.3 is 18.2 Å². The molecule has 0 aliphatic carbocycles. The summed E-state index contributed by atoms with van der Waals surface area (Å²) in [7, 11) is 1.21. The second-order valence-corrected chi connectivity index (χ2v) is 11.1. The van der Waals surface area contributed by atoms with Crippen molar-refractivity contribution >= 4 is 42.6 Å². The van der Waals surface area contributed by atoms with Crippen molar-refractivity contribution in [2.75, 3.05) is 12.9 Å². The quantitative estimate of drug-likeness (QED) is 0.109. The fourth-order valence-electron chi connectivity index (χ4n) is 4.38. The lowest BCUT2D eigenvalue weighted by atomic mass is 10.0. The highest BCUT2D eigenvalue weighted by Crippen LogP contribution is 2.14. The van der Waals surface area contributed by atoms with Gasteiger partial charge in [0.2, 0.25) is 11.8 Å². The second-order valence-electron chi connectivity index (χ2n) is 10.7. The lowest BCUT2D eigenvalue weighted by Crippen LogP contribution is -2.59. The third-order valence-electron chi connectivity index (χ3n) is 6.71. The van der Waals surface area contributed by atoms with Crippen molar-refractivity contribution in [1.29, 1.82) is 0 Å². The average molecular weight is 654 g/mol. The Morgan fingerprint density at radius 2 is 1.39 bits per heavy atom. The van der Waals surface area contributed by atoms with E-state index in [0.29, 0.717) is 21.7 Å². The smallest absolute Gasteiger partial charge is 0.420 e. The molecule has 14 heteroatoms. The largest absolute Gasteiger partial charge is 0.467 e. The fraction of sp³-hybridized carbons (Fsp3) is 0.375. The van der Waals surface area contributed by atoms with Crippen LogP contribution < -0.4 is 10.6 Å². The van der Waals surface area contributed by atoms with Crippen molar-refractivity contribution in [2.24, 2.45) is 5.92 Å². The van der Waals surface area contributed by atoms with E-state index in [9.17, 15) is 24.0 Å². The van der Waals surface area contributed by atoms with Crippen LogP contribution in [-0.2, 0) is 48.2 Å². The first-order valence-corrected chi connectivity index (χ1v) is 15.2. The van der Waals surface area contributed by atoms with Gasteiger partial charge < -0.3 is 29.8 Å². The number of esters is 1. The number of rotatable bonds is 15. The number of hydrogen-bond acceptors (Lipinski definition) is 10. The molecule has 3 atom stereocenters. The number of carbonyl (C=O) groups excluding carboxylic acids is 5. The molecule has 3 rings (SSSR count). The zero-order valence-corrected chi connectivity index (χ0v) is 26.8. The van der Waals surface area contributed by atoms with Crippen LogP contribution in [0.3, 0.4) is 0 Å². The van der Waals surface area contributed by atoms with E-state index in [1.807, 2.05) is 13.8 Å². The number of amides is 4. The van der Waals surface area contributed by atoms with Gasteiger partial charge in [-0.1, -0.05) is 74.5 Å². The minimum atomic E-state index is -1.54.